The summed E-state index contributed by atoms with van der Waals surface area (Å²) in [5.74, 6) is 0.525. The van der Waals surface area contributed by atoms with Gasteiger partial charge >= 0.3 is 0 Å². The zero-order valence-electron chi connectivity index (χ0n) is 10.2. The van der Waals surface area contributed by atoms with Crippen molar-refractivity contribution in [3.05, 3.63) is 59.1 Å². The molecule has 0 aromatic heterocycles. The lowest BCUT2D eigenvalue weighted by molar-refractivity contribution is 0.475. The first kappa shape index (κ1) is 12.8. The predicted molar refractivity (Wildman–Crippen MR) is 76.5 cm³/mol. The summed E-state index contributed by atoms with van der Waals surface area (Å²) >= 11 is 5.86. The lowest BCUT2D eigenvalue weighted by atomic mass is 10.0. The number of halogens is 1. The normalized spacial score (nSPS) is 12.1. The molecule has 0 amide bonds. The largest absolute Gasteiger partial charge is 0.506 e. The molecule has 1 atom stereocenters. The van der Waals surface area contributed by atoms with Gasteiger partial charge in [0.2, 0.25) is 0 Å². The number of benzene rings is 2. The first-order valence-corrected chi connectivity index (χ1v) is 6.32. The van der Waals surface area contributed by atoms with Gasteiger partial charge in [0.1, 0.15) is 5.75 Å². The Morgan fingerprint density at radius 2 is 1.89 bits per heavy atom. The Morgan fingerprint density at radius 1 is 1.17 bits per heavy atom. The summed E-state index contributed by atoms with van der Waals surface area (Å²) in [6.07, 6.45) is 0. The summed E-state index contributed by atoms with van der Waals surface area (Å²) in [6.45, 7) is 3.00. The van der Waals surface area contributed by atoms with E-state index in [4.69, 9.17) is 11.6 Å². The van der Waals surface area contributed by atoms with Gasteiger partial charge in [-0.3, -0.25) is 0 Å². The highest BCUT2D eigenvalue weighted by Crippen LogP contribution is 2.26. The number of nitrogens with one attached hydrogen (secondary N) is 1. The molecule has 0 bridgehead atoms. The molecule has 0 radical (unpaired) electrons. The van der Waals surface area contributed by atoms with Gasteiger partial charge in [-0.15, -0.1) is 0 Å². The number of phenolic OH excluding ortho intramolecular Hbond substituents is 1. The van der Waals surface area contributed by atoms with Gasteiger partial charge in [-0.05, 0) is 29.7 Å². The molecular weight excluding hydrogens is 246 g/mol. The molecule has 1 unspecified atom stereocenters. The van der Waals surface area contributed by atoms with Crippen LogP contribution < -0.4 is 5.32 Å². The fraction of sp³-hybridized carbons (Fsp3) is 0.200. The molecular formula is C15H16ClNO. The molecule has 3 heteroatoms. The number of aromatic hydroxyl groups is 1. The van der Waals surface area contributed by atoms with Gasteiger partial charge in [-0.1, -0.05) is 48.9 Å². The smallest absolute Gasteiger partial charge is 0.134 e. The molecule has 0 aliphatic heterocycles. The Hall–Kier alpha value is -1.67. The molecule has 2 aromatic carbocycles. The molecule has 2 nitrogen and oxygen atoms in total. The molecule has 2 rings (SSSR count). The number of hydrogen-bond donors (Lipinski definition) is 2. The van der Waals surface area contributed by atoms with E-state index in [1.807, 2.05) is 24.3 Å². The van der Waals surface area contributed by atoms with Gasteiger partial charge < -0.3 is 10.4 Å². The van der Waals surface area contributed by atoms with Crippen LogP contribution in [0, 0.1) is 0 Å². The van der Waals surface area contributed by atoms with E-state index in [0.717, 1.165) is 12.2 Å². The molecule has 0 fully saturated rings. The van der Waals surface area contributed by atoms with Crippen LogP contribution in [0.2, 0.25) is 5.02 Å². The SMILES string of the molecule is CC(CNc1ccc(O)c(Cl)c1)c1ccccc1. The number of anilines is 1. The van der Waals surface area contributed by atoms with Crippen LogP contribution in [0.3, 0.4) is 0 Å². The van der Waals surface area contributed by atoms with Crippen LogP contribution in [-0.4, -0.2) is 11.7 Å². The van der Waals surface area contributed by atoms with Crippen LogP contribution in [0.4, 0.5) is 5.69 Å². The molecule has 94 valence electrons. The van der Waals surface area contributed by atoms with Crippen molar-refractivity contribution >= 4 is 17.3 Å². The molecule has 2 aromatic rings. The average molecular weight is 262 g/mol. The summed E-state index contributed by atoms with van der Waals surface area (Å²) in [5, 5.41) is 13.0. The third kappa shape index (κ3) is 3.17. The quantitative estimate of drug-likeness (QED) is 0.806. The Kier molecular flexibility index (Phi) is 4.11. The number of hydrogen-bond acceptors (Lipinski definition) is 2. The van der Waals surface area contributed by atoms with E-state index in [0.29, 0.717) is 10.9 Å². The van der Waals surface area contributed by atoms with E-state index in [1.165, 1.54) is 5.56 Å². The van der Waals surface area contributed by atoms with Crippen molar-refractivity contribution in [2.45, 2.75) is 12.8 Å². The zero-order valence-corrected chi connectivity index (χ0v) is 11.0. The van der Waals surface area contributed by atoms with Gasteiger partial charge in [0.05, 0.1) is 5.02 Å². The minimum Gasteiger partial charge on any atom is -0.506 e. The van der Waals surface area contributed by atoms with Crippen LogP contribution in [0.5, 0.6) is 5.75 Å². The summed E-state index contributed by atoms with van der Waals surface area (Å²) in [7, 11) is 0. The maximum atomic E-state index is 9.34. The van der Waals surface area contributed by atoms with Crippen molar-refractivity contribution in [3.63, 3.8) is 0 Å². The maximum absolute atomic E-state index is 9.34. The minimum atomic E-state index is 0.110. The Labute approximate surface area is 112 Å². The molecule has 0 saturated heterocycles. The van der Waals surface area contributed by atoms with Crippen LogP contribution in [0.15, 0.2) is 48.5 Å². The van der Waals surface area contributed by atoms with Crippen LogP contribution in [0.1, 0.15) is 18.4 Å². The van der Waals surface area contributed by atoms with Gasteiger partial charge in [-0.25, -0.2) is 0 Å². The highest BCUT2D eigenvalue weighted by Gasteiger charge is 2.05. The number of phenols is 1. The highest BCUT2D eigenvalue weighted by atomic mass is 35.5. The van der Waals surface area contributed by atoms with E-state index >= 15 is 0 Å². The second kappa shape index (κ2) is 5.78. The van der Waals surface area contributed by atoms with Crippen molar-refractivity contribution in [2.75, 3.05) is 11.9 Å². The van der Waals surface area contributed by atoms with Gasteiger partial charge in [0.15, 0.2) is 0 Å². The highest BCUT2D eigenvalue weighted by molar-refractivity contribution is 6.32. The molecule has 0 heterocycles. The Balaban J connectivity index is 1.97. The summed E-state index contributed by atoms with van der Waals surface area (Å²) < 4.78 is 0. The summed E-state index contributed by atoms with van der Waals surface area (Å²) in [4.78, 5) is 0. The maximum Gasteiger partial charge on any atom is 0.134 e. The molecule has 2 N–H and O–H groups in total. The topological polar surface area (TPSA) is 32.3 Å². The second-order valence-electron chi connectivity index (χ2n) is 4.36. The molecule has 18 heavy (non-hydrogen) atoms. The first-order valence-electron chi connectivity index (χ1n) is 5.94. The Bertz CT molecular complexity index is 513. The minimum absolute atomic E-state index is 0.110. The van der Waals surface area contributed by atoms with E-state index < -0.39 is 0 Å². The third-order valence-electron chi connectivity index (χ3n) is 2.93. The molecule has 0 aliphatic carbocycles. The van der Waals surface area contributed by atoms with Gasteiger partial charge in [-0.2, -0.15) is 0 Å². The zero-order chi connectivity index (χ0) is 13.0. The van der Waals surface area contributed by atoms with Crippen molar-refractivity contribution in [1.82, 2.24) is 0 Å². The first-order chi connectivity index (χ1) is 8.66. The van der Waals surface area contributed by atoms with E-state index in [-0.39, 0.29) is 5.75 Å². The fourth-order valence-corrected chi connectivity index (χ4v) is 1.97. The van der Waals surface area contributed by atoms with Crippen molar-refractivity contribution in [1.29, 1.82) is 0 Å². The molecule has 0 spiro atoms. The lowest BCUT2D eigenvalue weighted by Crippen LogP contribution is -2.09. The average Bonchev–Trinajstić information content (AvgIpc) is 2.41. The van der Waals surface area contributed by atoms with Gasteiger partial charge in [0.25, 0.3) is 0 Å². The number of rotatable bonds is 4. The predicted octanol–water partition coefficient (Wildman–Crippen LogP) is 4.26. The second-order valence-corrected chi connectivity index (χ2v) is 4.77. The molecule has 0 aliphatic rings. The summed E-state index contributed by atoms with van der Waals surface area (Å²) in [6, 6.07) is 15.5. The van der Waals surface area contributed by atoms with Crippen molar-refractivity contribution in [3.8, 4) is 5.75 Å². The molecule has 0 saturated carbocycles. The lowest BCUT2D eigenvalue weighted by Gasteiger charge is -2.14. The monoisotopic (exact) mass is 261 g/mol. The standard InChI is InChI=1S/C15H16ClNO/c1-11(12-5-3-2-4-6-12)10-17-13-7-8-15(18)14(16)9-13/h2-9,11,17-18H,10H2,1H3. The van der Waals surface area contributed by atoms with Gasteiger partial charge in [0, 0.05) is 12.2 Å². The van der Waals surface area contributed by atoms with Crippen molar-refractivity contribution < 1.29 is 5.11 Å². The van der Waals surface area contributed by atoms with E-state index in [1.54, 1.807) is 12.1 Å². The van der Waals surface area contributed by atoms with E-state index in [2.05, 4.69) is 24.4 Å². The third-order valence-corrected chi connectivity index (χ3v) is 3.23. The fourth-order valence-electron chi connectivity index (χ4n) is 1.79. The van der Waals surface area contributed by atoms with Crippen LogP contribution in [0.25, 0.3) is 0 Å². The van der Waals surface area contributed by atoms with Crippen LogP contribution in [-0.2, 0) is 0 Å². The summed E-state index contributed by atoms with van der Waals surface area (Å²) in [5.41, 5.74) is 2.22. The van der Waals surface area contributed by atoms with Crippen LogP contribution >= 0.6 is 11.6 Å². The van der Waals surface area contributed by atoms with Crippen molar-refractivity contribution in [2.24, 2.45) is 0 Å². The Morgan fingerprint density at radius 3 is 2.56 bits per heavy atom. The van der Waals surface area contributed by atoms with E-state index in [9.17, 15) is 5.11 Å².